The fourth-order valence-electron chi connectivity index (χ4n) is 2.70. The normalized spacial score (nSPS) is 12.9. The second-order valence-electron chi connectivity index (χ2n) is 6.57. The van der Waals surface area contributed by atoms with Crippen LogP contribution in [0.4, 0.5) is 8.78 Å². The van der Waals surface area contributed by atoms with Crippen molar-refractivity contribution < 1.29 is 40.3 Å². The molecule has 1 aromatic heterocycles. The van der Waals surface area contributed by atoms with Crippen LogP contribution in [0.25, 0.3) is 10.1 Å². The van der Waals surface area contributed by atoms with E-state index in [4.69, 9.17) is 19.5 Å². The minimum Gasteiger partial charge on any atom is -0.492 e. The van der Waals surface area contributed by atoms with Gasteiger partial charge in [0.15, 0.2) is 0 Å². The Hall–Kier alpha value is -1.59. The molecule has 8 nitrogen and oxygen atoms in total. The summed E-state index contributed by atoms with van der Waals surface area (Å²) in [7, 11) is -8.01. The molecule has 2 N–H and O–H groups in total. The van der Waals surface area contributed by atoms with Crippen LogP contribution in [0.5, 0.6) is 5.75 Å². The van der Waals surface area contributed by atoms with Crippen LogP contribution in [0.2, 0.25) is 0 Å². The van der Waals surface area contributed by atoms with Crippen LogP contribution in [-0.4, -0.2) is 46.2 Å². The van der Waals surface area contributed by atoms with E-state index in [1.165, 1.54) is 26.0 Å². The first-order valence-corrected chi connectivity index (χ1v) is 13.7. The topological polar surface area (TPSA) is 122 Å². The zero-order chi connectivity index (χ0) is 23.4. The van der Waals surface area contributed by atoms with Crippen molar-refractivity contribution in [2.45, 2.75) is 25.9 Å². The number of fused-ring (bicyclic) bond motifs is 1. The number of ether oxygens (including phenoxy) is 1. The third-order valence-corrected chi connectivity index (χ3v) is 8.56. The van der Waals surface area contributed by atoms with Gasteiger partial charge in [-0.1, -0.05) is 0 Å². The number of carbonyl (C=O) groups is 1. The molecule has 2 aromatic rings. The Morgan fingerprint density at radius 2 is 1.81 bits per heavy atom. The molecule has 0 radical (unpaired) electrons. The Kier molecular flexibility index (Phi) is 8.21. The van der Waals surface area contributed by atoms with E-state index in [1.54, 1.807) is 0 Å². The molecule has 1 amide bonds. The highest BCUT2D eigenvalue weighted by Crippen LogP contribution is 2.68. The molecule has 1 heterocycles. The maximum absolute atomic E-state index is 15.1. The Labute approximate surface area is 183 Å². The number of carbonyl (C=O) groups excluding carboxylic acids is 1. The van der Waals surface area contributed by atoms with Crippen molar-refractivity contribution in [1.29, 1.82) is 0 Å². The SMILES string of the molecule is CCOP(=O)(OCC)C(F)(F)c1cc2cc(C(N)=O)cc(OCCCS(C)(=O)=O)c2s1. The quantitative estimate of drug-likeness (QED) is 0.344. The maximum atomic E-state index is 15.1. The molecule has 0 aliphatic rings. The molecule has 0 saturated carbocycles. The number of benzene rings is 1. The van der Waals surface area contributed by atoms with E-state index in [-0.39, 0.29) is 53.4 Å². The van der Waals surface area contributed by atoms with Gasteiger partial charge in [-0.15, -0.1) is 11.3 Å². The first-order chi connectivity index (χ1) is 14.3. The predicted octanol–water partition coefficient (Wildman–Crippen LogP) is 4.13. The number of halogens is 2. The van der Waals surface area contributed by atoms with Crippen LogP contribution in [0.1, 0.15) is 35.5 Å². The molecule has 0 aliphatic heterocycles. The van der Waals surface area contributed by atoms with Crippen molar-refractivity contribution >= 4 is 44.8 Å². The summed E-state index contributed by atoms with van der Waals surface area (Å²) in [5.74, 6) is -0.822. The molecule has 0 unspecified atom stereocenters. The summed E-state index contributed by atoms with van der Waals surface area (Å²) in [6.45, 7) is 2.35. The Balaban J connectivity index is 2.49. The molecule has 31 heavy (non-hydrogen) atoms. The van der Waals surface area contributed by atoms with Crippen molar-refractivity contribution in [2.24, 2.45) is 5.73 Å². The second-order valence-corrected chi connectivity index (χ2v) is 12.0. The minimum absolute atomic E-state index is 0.0234. The number of thiophene rings is 1. The Morgan fingerprint density at radius 3 is 2.32 bits per heavy atom. The van der Waals surface area contributed by atoms with Crippen molar-refractivity contribution in [3.05, 3.63) is 28.6 Å². The largest absolute Gasteiger partial charge is 0.492 e. The summed E-state index contributed by atoms with van der Waals surface area (Å²) in [5, 5.41) is 0.230. The standard InChI is InChI=1S/C18H24F2NO7PS2/c1-4-27-29(23,28-5-2)18(19,20)15-11-12-9-13(17(21)22)10-14(16(12)30-15)26-7-6-8-31(3,24)25/h9-11H,4-8H2,1-3H3,(H2,21,22). The smallest absolute Gasteiger partial charge is 0.405 e. The number of nitrogens with two attached hydrogens (primary N) is 1. The van der Waals surface area contributed by atoms with Crippen LogP contribution >= 0.6 is 18.9 Å². The fraction of sp³-hybridized carbons (Fsp3) is 0.500. The third kappa shape index (κ3) is 6.01. The molecule has 174 valence electrons. The van der Waals surface area contributed by atoms with Gasteiger partial charge in [-0.2, -0.15) is 8.78 Å². The average molecular weight is 499 g/mol. The summed E-state index contributed by atoms with van der Waals surface area (Å²) < 4.78 is 81.0. The first-order valence-electron chi connectivity index (χ1n) is 9.30. The van der Waals surface area contributed by atoms with Crippen LogP contribution in [0.3, 0.4) is 0 Å². The van der Waals surface area contributed by atoms with Gasteiger partial charge in [-0.3, -0.25) is 9.36 Å². The van der Waals surface area contributed by atoms with E-state index in [0.29, 0.717) is 11.3 Å². The number of alkyl halides is 2. The lowest BCUT2D eigenvalue weighted by Crippen LogP contribution is -2.16. The summed E-state index contributed by atoms with van der Waals surface area (Å²) in [6, 6.07) is 3.71. The lowest BCUT2D eigenvalue weighted by atomic mass is 10.1. The predicted molar refractivity (Wildman–Crippen MR) is 115 cm³/mol. The van der Waals surface area contributed by atoms with Gasteiger partial charge in [0, 0.05) is 11.8 Å². The van der Waals surface area contributed by atoms with Crippen molar-refractivity contribution in [3.8, 4) is 5.75 Å². The monoisotopic (exact) mass is 499 g/mol. The Bertz CT molecular complexity index is 1090. The van der Waals surface area contributed by atoms with Crippen LogP contribution in [0.15, 0.2) is 18.2 Å². The van der Waals surface area contributed by atoms with Gasteiger partial charge in [0.1, 0.15) is 15.6 Å². The number of primary amides is 1. The minimum atomic E-state index is -4.81. The zero-order valence-corrected chi connectivity index (χ0v) is 19.7. The number of sulfone groups is 1. The van der Waals surface area contributed by atoms with Gasteiger partial charge < -0.3 is 19.5 Å². The summed E-state index contributed by atoms with van der Waals surface area (Å²) >= 11 is 0.616. The van der Waals surface area contributed by atoms with Crippen LogP contribution in [0, 0.1) is 0 Å². The number of rotatable bonds is 12. The van der Waals surface area contributed by atoms with Gasteiger partial charge >= 0.3 is 13.3 Å². The molecule has 0 saturated heterocycles. The average Bonchev–Trinajstić information content (AvgIpc) is 3.09. The highest BCUT2D eigenvalue weighted by molar-refractivity contribution is 7.90. The lowest BCUT2D eigenvalue weighted by Gasteiger charge is -2.24. The Morgan fingerprint density at radius 1 is 1.19 bits per heavy atom. The molecule has 1 aromatic carbocycles. The zero-order valence-electron chi connectivity index (χ0n) is 17.2. The number of hydrogen-bond donors (Lipinski definition) is 1. The van der Waals surface area contributed by atoms with E-state index in [0.717, 1.165) is 12.3 Å². The molecule has 0 aliphatic carbocycles. The van der Waals surface area contributed by atoms with Gasteiger partial charge in [0.05, 0.1) is 35.2 Å². The van der Waals surface area contributed by atoms with Gasteiger partial charge in [0.2, 0.25) is 5.91 Å². The molecular formula is C18H24F2NO7PS2. The molecule has 0 spiro atoms. The number of amides is 1. The molecule has 0 fully saturated rings. The number of hydrogen-bond acceptors (Lipinski definition) is 8. The van der Waals surface area contributed by atoms with Gasteiger partial charge in [-0.05, 0) is 43.9 Å². The highest BCUT2D eigenvalue weighted by atomic mass is 32.2. The molecule has 13 heteroatoms. The van der Waals surface area contributed by atoms with E-state index in [9.17, 15) is 17.8 Å². The van der Waals surface area contributed by atoms with E-state index in [2.05, 4.69) is 0 Å². The maximum Gasteiger partial charge on any atom is 0.405 e. The highest BCUT2D eigenvalue weighted by Gasteiger charge is 2.56. The third-order valence-electron chi connectivity index (χ3n) is 4.02. The molecule has 2 rings (SSSR count). The van der Waals surface area contributed by atoms with E-state index >= 15 is 8.78 Å². The van der Waals surface area contributed by atoms with Crippen LogP contribution < -0.4 is 10.5 Å². The first kappa shape index (κ1) is 25.7. The molecule has 0 atom stereocenters. The lowest BCUT2D eigenvalue weighted by molar-refractivity contribution is 0.0392. The van der Waals surface area contributed by atoms with Crippen molar-refractivity contribution in [3.63, 3.8) is 0 Å². The second kappa shape index (κ2) is 9.91. The fourth-order valence-corrected chi connectivity index (χ4v) is 6.21. The van der Waals surface area contributed by atoms with E-state index in [1.807, 2.05) is 0 Å². The van der Waals surface area contributed by atoms with Crippen LogP contribution in [-0.2, 0) is 29.1 Å². The van der Waals surface area contributed by atoms with Gasteiger partial charge in [0.25, 0.3) is 0 Å². The van der Waals surface area contributed by atoms with Gasteiger partial charge in [-0.25, -0.2) is 8.42 Å². The summed E-state index contributed by atoms with van der Waals surface area (Å²) in [4.78, 5) is 11.1. The van der Waals surface area contributed by atoms with E-state index < -0.39 is 33.9 Å². The molecular weight excluding hydrogens is 475 g/mol. The molecule has 0 bridgehead atoms. The van der Waals surface area contributed by atoms with Crippen molar-refractivity contribution in [2.75, 3.05) is 31.8 Å². The summed E-state index contributed by atoms with van der Waals surface area (Å²) in [6.07, 6.45) is 1.25. The van der Waals surface area contributed by atoms with Crippen molar-refractivity contribution in [1.82, 2.24) is 0 Å². The summed E-state index contributed by atoms with van der Waals surface area (Å²) in [5.41, 5.74) is 1.41.